The van der Waals surface area contributed by atoms with Crippen molar-refractivity contribution in [1.29, 1.82) is 0 Å². The number of aryl methyl sites for hydroxylation is 2. The van der Waals surface area contributed by atoms with E-state index in [0.29, 0.717) is 5.52 Å². The van der Waals surface area contributed by atoms with Crippen molar-refractivity contribution in [2.45, 2.75) is 6.92 Å². The van der Waals surface area contributed by atoms with E-state index in [0.717, 1.165) is 17.0 Å². The molecule has 0 atom stereocenters. The van der Waals surface area contributed by atoms with Gasteiger partial charge in [0, 0.05) is 24.7 Å². The third-order valence-electron chi connectivity index (χ3n) is 2.21. The normalized spacial score (nSPS) is 11.0. The summed E-state index contributed by atoms with van der Waals surface area (Å²) in [6, 6.07) is 2.70. The molecule has 0 aliphatic rings. The van der Waals surface area contributed by atoms with Crippen LogP contribution in [0.15, 0.2) is 18.3 Å². The summed E-state index contributed by atoms with van der Waals surface area (Å²) >= 11 is 0. The molecule has 0 fully saturated rings. The van der Waals surface area contributed by atoms with Gasteiger partial charge in [-0.1, -0.05) is 0 Å². The maximum atomic E-state index is 13.3. The van der Waals surface area contributed by atoms with Crippen molar-refractivity contribution < 1.29 is 9.50 Å². The molecule has 0 saturated heterocycles. The minimum absolute atomic E-state index is 0.0284. The van der Waals surface area contributed by atoms with Crippen LogP contribution in [0.2, 0.25) is 0 Å². The second-order valence-corrected chi connectivity index (χ2v) is 3.25. The summed E-state index contributed by atoms with van der Waals surface area (Å²) < 4.78 is 15.1. The zero-order valence-electron chi connectivity index (χ0n) is 7.50. The van der Waals surface area contributed by atoms with Crippen LogP contribution in [0.1, 0.15) is 5.56 Å². The lowest BCUT2D eigenvalue weighted by atomic mass is 10.2. The van der Waals surface area contributed by atoms with Gasteiger partial charge in [0.15, 0.2) is 5.82 Å². The van der Waals surface area contributed by atoms with Gasteiger partial charge in [0.1, 0.15) is 5.75 Å². The summed E-state index contributed by atoms with van der Waals surface area (Å²) in [5.41, 5.74) is 1.50. The molecule has 0 aliphatic heterocycles. The minimum atomic E-state index is -0.384. The highest BCUT2D eigenvalue weighted by atomic mass is 19.1. The molecular formula is C10H10FNO. The van der Waals surface area contributed by atoms with Crippen LogP contribution in [0.3, 0.4) is 0 Å². The Hall–Kier alpha value is -1.51. The van der Waals surface area contributed by atoms with E-state index in [1.165, 1.54) is 0 Å². The van der Waals surface area contributed by atoms with Gasteiger partial charge in [-0.2, -0.15) is 0 Å². The highest BCUT2D eigenvalue weighted by molar-refractivity contribution is 5.85. The smallest absolute Gasteiger partial charge is 0.151 e. The van der Waals surface area contributed by atoms with Crippen LogP contribution in [0.5, 0.6) is 5.75 Å². The van der Waals surface area contributed by atoms with Crippen LogP contribution in [-0.2, 0) is 7.05 Å². The molecule has 2 nitrogen and oxygen atoms in total. The molecule has 0 saturated carbocycles. The van der Waals surface area contributed by atoms with E-state index in [2.05, 4.69) is 0 Å². The van der Waals surface area contributed by atoms with E-state index in [1.54, 1.807) is 17.7 Å². The van der Waals surface area contributed by atoms with E-state index < -0.39 is 0 Å². The lowest BCUT2D eigenvalue weighted by molar-refractivity contribution is 0.470. The van der Waals surface area contributed by atoms with Gasteiger partial charge < -0.3 is 9.67 Å². The van der Waals surface area contributed by atoms with Gasteiger partial charge in [-0.15, -0.1) is 0 Å². The molecule has 2 aromatic rings. The number of halogens is 1. The lowest BCUT2D eigenvalue weighted by Crippen LogP contribution is -1.87. The largest absolute Gasteiger partial charge is 0.508 e. The Bertz CT molecular complexity index is 473. The van der Waals surface area contributed by atoms with Crippen molar-refractivity contribution in [2.24, 2.45) is 7.05 Å². The molecule has 3 heteroatoms. The fraction of sp³-hybridized carbons (Fsp3) is 0.200. The van der Waals surface area contributed by atoms with Gasteiger partial charge in [-0.05, 0) is 18.6 Å². The highest BCUT2D eigenvalue weighted by Gasteiger charge is 2.09. The molecule has 2 rings (SSSR count). The van der Waals surface area contributed by atoms with E-state index in [1.807, 2.05) is 13.1 Å². The van der Waals surface area contributed by atoms with Gasteiger partial charge in [0.05, 0.1) is 5.52 Å². The average molecular weight is 179 g/mol. The highest BCUT2D eigenvalue weighted by Crippen LogP contribution is 2.26. The number of aromatic hydroxyl groups is 1. The standard InChI is InChI=1S/C10H10FNO/c1-6-5-12(2)10-8(6)3-7(13)4-9(10)11/h3-5,13H,1-2H3. The maximum Gasteiger partial charge on any atom is 0.151 e. The fourth-order valence-electron chi connectivity index (χ4n) is 1.67. The molecule has 0 unspecified atom stereocenters. The number of aromatic nitrogens is 1. The summed E-state index contributed by atoms with van der Waals surface area (Å²) in [7, 11) is 1.79. The summed E-state index contributed by atoms with van der Waals surface area (Å²) in [5.74, 6) is -0.412. The van der Waals surface area contributed by atoms with E-state index in [-0.39, 0.29) is 11.6 Å². The summed E-state index contributed by atoms with van der Waals surface area (Å²) in [6.45, 7) is 1.89. The van der Waals surface area contributed by atoms with Crippen molar-refractivity contribution in [3.05, 3.63) is 29.7 Å². The number of rotatable bonds is 0. The zero-order chi connectivity index (χ0) is 9.59. The third-order valence-corrected chi connectivity index (χ3v) is 2.21. The van der Waals surface area contributed by atoms with E-state index in [9.17, 15) is 9.50 Å². The second kappa shape index (κ2) is 2.49. The van der Waals surface area contributed by atoms with Crippen LogP contribution in [0, 0.1) is 12.7 Å². The Balaban J connectivity index is 2.97. The summed E-state index contributed by atoms with van der Waals surface area (Å²) in [4.78, 5) is 0. The monoisotopic (exact) mass is 179 g/mol. The quantitative estimate of drug-likeness (QED) is 0.659. The number of fused-ring (bicyclic) bond motifs is 1. The number of hydrogen-bond acceptors (Lipinski definition) is 1. The molecule has 0 aliphatic carbocycles. The average Bonchev–Trinajstić information content (AvgIpc) is 2.27. The first-order chi connectivity index (χ1) is 6.09. The first-order valence-corrected chi connectivity index (χ1v) is 4.03. The van der Waals surface area contributed by atoms with Crippen molar-refractivity contribution in [2.75, 3.05) is 0 Å². The molecule has 0 bridgehead atoms. The molecule has 1 heterocycles. The van der Waals surface area contributed by atoms with Gasteiger partial charge >= 0.3 is 0 Å². The minimum Gasteiger partial charge on any atom is -0.508 e. The number of benzene rings is 1. The first kappa shape index (κ1) is 8.10. The van der Waals surface area contributed by atoms with Crippen molar-refractivity contribution in [1.82, 2.24) is 4.57 Å². The Morgan fingerprint density at radius 3 is 2.77 bits per heavy atom. The maximum absolute atomic E-state index is 13.3. The van der Waals surface area contributed by atoms with Crippen molar-refractivity contribution in [3.8, 4) is 5.75 Å². The number of nitrogens with zero attached hydrogens (tertiary/aromatic N) is 1. The molecule has 0 amide bonds. The van der Waals surface area contributed by atoms with Crippen LogP contribution in [0.25, 0.3) is 10.9 Å². The topological polar surface area (TPSA) is 25.2 Å². The molecular weight excluding hydrogens is 169 g/mol. The first-order valence-electron chi connectivity index (χ1n) is 4.03. The Morgan fingerprint density at radius 2 is 2.08 bits per heavy atom. The van der Waals surface area contributed by atoms with Gasteiger partial charge in [-0.3, -0.25) is 0 Å². The second-order valence-electron chi connectivity index (χ2n) is 3.25. The van der Waals surface area contributed by atoms with Crippen LogP contribution < -0.4 is 0 Å². The number of phenols is 1. The number of hydrogen-bond donors (Lipinski definition) is 1. The Kier molecular flexibility index (Phi) is 1.55. The predicted molar refractivity (Wildman–Crippen MR) is 49.3 cm³/mol. The van der Waals surface area contributed by atoms with Crippen LogP contribution in [-0.4, -0.2) is 9.67 Å². The number of phenolic OH excluding ortho intramolecular Hbond substituents is 1. The summed E-state index contributed by atoms with van der Waals surface area (Å²) in [6.07, 6.45) is 1.84. The van der Waals surface area contributed by atoms with E-state index in [4.69, 9.17) is 0 Å². The molecule has 13 heavy (non-hydrogen) atoms. The third kappa shape index (κ3) is 1.08. The van der Waals surface area contributed by atoms with Gasteiger partial charge in [0.25, 0.3) is 0 Å². The van der Waals surface area contributed by atoms with Crippen molar-refractivity contribution in [3.63, 3.8) is 0 Å². The Labute approximate surface area is 75.2 Å². The van der Waals surface area contributed by atoms with Crippen molar-refractivity contribution >= 4 is 10.9 Å². The molecule has 0 spiro atoms. The molecule has 68 valence electrons. The van der Waals surface area contributed by atoms with Gasteiger partial charge in [-0.25, -0.2) is 4.39 Å². The predicted octanol–water partition coefficient (Wildman–Crippen LogP) is 2.33. The summed E-state index contributed by atoms with van der Waals surface area (Å²) in [5, 5.41) is 9.96. The fourth-order valence-corrected chi connectivity index (χ4v) is 1.67. The SMILES string of the molecule is Cc1cn(C)c2c(F)cc(O)cc12. The Morgan fingerprint density at radius 1 is 1.38 bits per heavy atom. The molecule has 1 N–H and O–H groups in total. The van der Waals surface area contributed by atoms with Crippen LogP contribution in [0.4, 0.5) is 4.39 Å². The van der Waals surface area contributed by atoms with Crippen LogP contribution >= 0.6 is 0 Å². The van der Waals surface area contributed by atoms with E-state index >= 15 is 0 Å². The van der Waals surface area contributed by atoms with Gasteiger partial charge in [0.2, 0.25) is 0 Å². The zero-order valence-corrected chi connectivity index (χ0v) is 7.50. The lowest BCUT2D eigenvalue weighted by Gasteiger charge is -1.98. The molecule has 0 radical (unpaired) electrons. The molecule has 1 aromatic heterocycles. The molecule has 1 aromatic carbocycles.